The van der Waals surface area contributed by atoms with Gasteiger partial charge in [-0.05, 0) is 97.4 Å². The molecular formula is C36H58ILiN4O3. The molecule has 2 aromatic heterocycles. The molecule has 0 bridgehead atoms. The van der Waals surface area contributed by atoms with Gasteiger partial charge in [0.25, 0.3) is 11.8 Å². The van der Waals surface area contributed by atoms with Crippen LogP contribution in [0.3, 0.4) is 0 Å². The number of allylic oxidation sites excluding steroid dienone is 2. The van der Waals surface area contributed by atoms with Crippen LogP contribution in [0, 0.1) is 13.8 Å². The van der Waals surface area contributed by atoms with E-state index in [1.807, 2.05) is 84.9 Å². The fraction of sp³-hybridized carbons (Fsp3) is 0.528. The molecule has 7 nitrogen and oxygen atoms in total. The summed E-state index contributed by atoms with van der Waals surface area (Å²) in [4.78, 5) is 32.0. The van der Waals surface area contributed by atoms with Crippen LogP contribution in [0.1, 0.15) is 113 Å². The Morgan fingerprint density at radius 1 is 0.933 bits per heavy atom. The van der Waals surface area contributed by atoms with Crippen LogP contribution < -0.4 is 29.5 Å². The van der Waals surface area contributed by atoms with Gasteiger partial charge in [-0.2, -0.15) is 6.42 Å². The summed E-state index contributed by atoms with van der Waals surface area (Å²) in [5, 5.41) is 5.80. The summed E-state index contributed by atoms with van der Waals surface area (Å²) in [7, 11) is 0. The van der Waals surface area contributed by atoms with Crippen LogP contribution in [0.4, 0.5) is 0 Å². The summed E-state index contributed by atoms with van der Waals surface area (Å²) in [6.45, 7) is 28.5. The monoisotopic (exact) mass is 728 g/mol. The smallest absolute Gasteiger partial charge is 0.381 e. The maximum atomic E-state index is 12.0. The summed E-state index contributed by atoms with van der Waals surface area (Å²) in [5.41, 5.74) is 2.42. The number of nitrogens with zero attached hydrogens (tertiary/aromatic N) is 2. The normalized spacial score (nSPS) is 11.5. The number of aryl methyl sites for hydroxylation is 2. The quantitative estimate of drug-likeness (QED) is 0.126. The predicted octanol–water partition coefficient (Wildman–Crippen LogP) is 5.68. The first kappa shape index (κ1) is 47.4. The van der Waals surface area contributed by atoms with Gasteiger partial charge in [0.05, 0.1) is 0 Å². The van der Waals surface area contributed by atoms with Crippen molar-refractivity contribution >= 4 is 34.4 Å². The number of carbonyl (C=O) groups excluding carboxylic acids is 2. The first-order chi connectivity index (χ1) is 20.7. The number of rotatable bonds is 7. The van der Waals surface area contributed by atoms with Crippen molar-refractivity contribution in [3.63, 3.8) is 0 Å². The molecule has 9 heteroatoms. The van der Waals surface area contributed by atoms with E-state index < -0.39 is 0 Å². The zero-order valence-electron chi connectivity index (χ0n) is 29.6. The number of unbranched alkanes of at least 4 members (excludes halogenated alkanes) is 1. The standard InChI is InChI=1S/C14H20N2O.C11H16N2O.C4H8O.C4H9.C3H5I.Li/c1-5-6-8-11-9-7-10-15-12(11)13(17)16-14(2,3)4;1-8-6-5-7-12-9(8)10(14)13-11(2,3)4;1-2-4-5-3-1;1-3-4-2;1-2-3-4;/h5,7,9-10H,1,6,8H2,2-4H3,(H,16,17);5-7H,1-4H3,(H,13,14);1-4H2;1,3-4H2,2H3;2H,1,3H2;/q;;;-1;;+1. The van der Waals surface area contributed by atoms with Crippen LogP contribution in [0.5, 0.6) is 0 Å². The fourth-order valence-electron chi connectivity index (χ4n) is 3.14. The Balaban J connectivity index is -0.000000559. The number of hydrogen-bond acceptors (Lipinski definition) is 5. The number of aromatic nitrogens is 2. The van der Waals surface area contributed by atoms with E-state index in [0.29, 0.717) is 11.4 Å². The fourth-order valence-corrected chi connectivity index (χ4v) is 3.14. The SMILES string of the molecule is C1CCOC1.C=CCCc1cccnc1C(=O)NC(C)(C)C.C=CCI.Cc1cccnc1C(=O)NC(C)(C)C.[CH2-]CCC.[Li+]. The molecule has 2 N–H and O–H groups in total. The number of alkyl halides is 1. The van der Waals surface area contributed by atoms with Crippen molar-refractivity contribution in [2.75, 3.05) is 17.6 Å². The van der Waals surface area contributed by atoms with E-state index in [-0.39, 0.29) is 41.8 Å². The average molecular weight is 729 g/mol. The second kappa shape index (κ2) is 28.2. The Morgan fingerprint density at radius 3 is 1.73 bits per heavy atom. The number of pyridine rings is 2. The zero-order valence-corrected chi connectivity index (χ0v) is 31.8. The molecule has 0 unspecified atom stereocenters. The van der Waals surface area contributed by atoms with Gasteiger partial charge in [-0.1, -0.05) is 60.2 Å². The molecule has 0 radical (unpaired) electrons. The molecule has 3 heterocycles. The molecule has 0 aliphatic carbocycles. The van der Waals surface area contributed by atoms with Crippen molar-refractivity contribution in [1.29, 1.82) is 0 Å². The number of amides is 2. The maximum absolute atomic E-state index is 12.0. The van der Waals surface area contributed by atoms with E-state index >= 15 is 0 Å². The molecular weight excluding hydrogens is 670 g/mol. The van der Waals surface area contributed by atoms with Crippen molar-refractivity contribution in [2.45, 2.75) is 105 Å². The molecule has 0 atom stereocenters. The van der Waals surface area contributed by atoms with Gasteiger partial charge in [0.1, 0.15) is 11.4 Å². The van der Waals surface area contributed by atoms with Crippen molar-refractivity contribution in [3.8, 4) is 0 Å². The zero-order chi connectivity index (χ0) is 34.0. The van der Waals surface area contributed by atoms with Crippen molar-refractivity contribution in [3.05, 3.63) is 91.4 Å². The number of halogens is 1. The van der Waals surface area contributed by atoms with Gasteiger partial charge in [-0.25, -0.2) is 0 Å². The summed E-state index contributed by atoms with van der Waals surface area (Å²) in [5.74, 6) is -0.229. The molecule has 0 aromatic carbocycles. The second-order valence-electron chi connectivity index (χ2n) is 12.0. The van der Waals surface area contributed by atoms with E-state index in [4.69, 9.17) is 4.74 Å². The van der Waals surface area contributed by atoms with Gasteiger partial charge in [0.15, 0.2) is 0 Å². The van der Waals surface area contributed by atoms with E-state index in [0.717, 1.165) is 48.0 Å². The second-order valence-corrected chi connectivity index (χ2v) is 12.9. The van der Waals surface area contributed by atoms with E-state index in [9.17, 15) is 9.59 Å². The topological polar surface area (TPSA) is 93.2 Å². The molecule has 1 fully saturated rings. The molecule has 0 spiro atoms. The summed E-state index contributed by atoms with van der Waals surface area (Å²) in [6, 6.07) is 7.49. The molecule has 1 aliphatic rings. The average Bonchev–Trinajstić information content (AvgIpc) is 3.56. The molecule has 2 aromatic rings. The predicted molar refractivity (Wildman–Crippen MR) is 196 cm³/mol. The minimum atomic E-state index is -0.246. The Morgan fingerprint density at radius 2 is 1.38 bits per heavy atom. The van der Waals surface area contributed by atoms with Crippen LogP contribution in [0.15, 0.2) is 62.0 Å². The molecule has 45 heavy (non-hydrogen) atoms. The van der Waals surface area contributed by atoms with Gasteiger partial charge in [0.2, 0.25) is 0 Å². The van der Waals surface area contributed by atoms with E-state index in [2.05, 4.69) is 70.2 Å². The van der Waals surface area contributed by atoms with Gasteiger partial charge >= 0.3 is 18.9 Å². The molecule has 1 saturated heterocycles. The van der Waals surface area contributed by atoms with Crippen LogP contribution in [-0.2, 0) is 11.2 Å². The van der Waals surface area contributed by atoms with Crippen LogP contribution in [-0.4, -0.2) is 50.5 Å². The summed E-state index contributed by atoms with van der Waals surface area (Å²) >= 11 is 2.23. The molecule has 2 amide bonds. The van der Waals surface area contributed by atoms with Gasteiger partial charge in [-0.15, -0.1) is 13.2 Å². The Hall–Kier alpha value is -1.99. The third-order valence-electron chi connectivity index (χ3n) is 5.22. The van der Waals surface area contributed by atoms with Crippen LogP contribution in [0.2, 0.25) is 0 Å². The Bertz CT molecular complexity index is 1070. The van der Waals surface area contributed by atoms with Crippen molar-refractivity contribution in [2.24, 2.45) is 0 Å². The maximum Gasteiger partial charge on any atom is 1.00 e. The van der Waals surface area contributed by atoms with Gasteiger partial charge in [-0.3, -0.25) is 19.6 Å². The largest absolute Gasteiger partial charge is 1.00 e. The van der Waals surface area contributed by atoms with Crippen molar-refractivity contribution in [1.82, 2.24) is 20.6 Å². The third-order valence-corrected chi connectivity index (χ3v) is 5.84. The van der Waals surface area contributed by atoms with Gasteiger partial charge < -0.3 is 22.3 Å². The Kier molecular flexibility index (Phi) is 29.8. The minimum Gasteiger partial charge on any atom is -0.381 e. The minimum absolute atomic E-state index is 0. The third kappa shape index (κ3) is 28.0. The number of hydrogen-bond donors (Lipinski definition) is 2. The summed E-state index contributed by atoms with van der Waals surface area (Å²) < 4.78 is 6.00. The number of nitrogens with one attached hydrogen (secondary N) is 2. The first-order valence-corrected chi connectivity index (χ1v) is 16.8. The van der Waals surface area contributed by atoms with Crippen LogP contribution >= 0.6 is 22.6 Å². The number of carbonyl (C=O) groups is 2. The van der Waals surface area contributed by atoms with Gasteiger partial charge in [0, 0.05) is 41.1 Å². The van der Waals surface area contributed by atoms with E-state index in [1.165, 1.54) is 19.3 Å². The Labute approximate surface area is 300 Å². The summed E-state index contributed by atoms with van der Waals surface area (Å²) in [6.07, 6.45) is 13.5. The number of ether oxygens (including phenoxy) is 1. The van der Waals surface area contributed by atoms with E-state index in [1.54, 1.807) is 12.4 Å². The first-order valence-electron chi connectivity index (χ1n) is 15.3. The molecule has 1 aliphatic heterocycles. The molecule has 0 saturated carbocycles. The molecule has 3 rings (SSSR count). The van der Waals surface area contributed by atoms with Crippen LogP contribution in [0.25, 0.3) is 0 Å². The van der Waals surface area contributed by atoms with Crippen molar-refractivity contribution < 1.29 is 33.2 Å². The molecule has 248 valence electrons.